The molecule has 3 saturated heterocycles. The van der Waals surface area contributed by atoms with Crippen LogP contribution in [0.15, 0.2) is 18.3 Å². The van der Waals surface area contributed by atoms with Gasteiger partial charge in [0.15, 0.2) is 5.82 Å². The van der Waals surface area contributed by atoms with Gasteiger partial charge in [0.1, 0.15) is 11.6 Å². The first-order chi connectivity index (χ1) is 19.3. The lowest BCUT2D eigenvalue weighted by Gasteiger charge is -2.47. The maximum atomic E-state index is 15.1. The molecule has 1 aromatic carbocycles. The Balaban J connectivity index is 0.000000219. The zero-order valence-electron chi connectivity index (χ0n) is 23.0. The van der Waals surface area contributed by atoms with Gasteiger partial charge in [-0.25, -0.2) is 19.3 Å². The highest BCUT2D eigenvalue weighted by molar-refractivity contribution is 5.85. The molecule has 2 bridgehead atoms. The van der Waals surface area contributed by atoms with Crippen molar-refractivity contribution in [2.75, 3.05) is 23.7 Å². The maximum Gasteiger partial charge on any atom is 0.220 e. The molecular formula is C29H36FN7O3. The zero-order chi connectivity index (χ0) is 28.0. The molecule has 0 radical (unpaired) electrons. The van der Waals surface area contributed by atoms with E-state index in [4.69, 9.17) is 15.2 Å². The smallest absolute Gasteiger partial charge is 0.220 e. The van der Waals surface area contributed by atoms with Gasteiger partial charge < -0.3 is 29.8 Å². The molecule has 4 atom stereocenters. The first-order valence-electron chi connectivity index (χ1n) is 14.3. The van der Waals surface area contributed by atoms with Crippen molar-refractivity contribution < 1.29 is 19.0 Å². The fraction of sp³-hybridized carbons (Fsp3) is 0.586. The Hall–Kier alpha value is -3.33. The molecular weight excluding hydrogens is 513 g/mol. The number of morpholine rings is 1. The van der Waals surface area contributed by atoms with Gasteiger partial charge in [0.05, 0.1) is 53.5 Å². The van der Waals surface area contributed by atoms with E-state index in [0.29, 0.717) is 34.5 Å². The van der Waals surface area contributed by atoms with Crippen LogP contribution in [0.4, 0.5) is 16.3 Å². The number of hydrogen-bond donors (Lipinski definition) is 2. The number of aliphatic hydroxyl groups is 1. The van der Waals surface area contributed by atoms with Gasteiger partial charge in [0.2, 0.25) is 11.9 Å². The van der Waals surface area contributed by atoms with E-state index in [1.807, 2.05) is 30.6 Å². The summed E-state index contributed by atoms with van der Waals surface area (Å²) in [6.45, 7) is 5.59. The van der Waals surface area contributed by atoms with Crippen LogP contribution in [0.5, 0.6) is 0 Å². The second kappa shape index (κ2) is 10.9. The molecule has 4 unspecified atom stereocenters. The minimum absolute atomic E-state index is 0.0325. The van der Waals surface area contributed by atoms with Gasteiger partial charge in [-0.15, -0.1) is 0 Å². The molecule has 11 heteroatoms. The molecule has 40 heavy (non-hydrogen) atoms. The largest absolute Gasteiger partial charge is 0.393 e. The summed E-state index contributed by atoms with van der Waals surface area (Å²) in [5.41, 5.74) is 7.69. The minimum Gasteiger partial charge on any atom is -0.393 e. The topological polar surface area (TPSA) is 135 Å². The van der Waals surface area contributed by atoms with E-state index < -0.39 is 5.82 Å². The van der Waals surface area contributed by atoms with Gasteiger partial charge in [-0.2, -0.15) is 5.26 Å². The van der Waals surface area contributed by atoms with E-state index in [9.17, 15) is 10.4 Å². The van der Waals surface area contributed by atoms with Crippen LogP contribution in [-0.4, -0.2) is 68.2 Å². The van der Waals surface area contributed by atoms with Gasteiger partial charge in [0, 0.05) is 31.1 Å². The standard InChI is InChI=1S/C20H20FN7O.C9H16O2/c1-10(2)28-16-4-11(17-12(6-22)7-24-19(23)25-17)3-15(21)18(16)26-20(28)27-8-13-5-14(9-27)29-13;10-7-2-1-3-9(6-7)11-8-4-5-8/h3-4,7,10,13-14H,5,8-9H2,1-2H3,(H2,23,24,25);7-10H,1-6H2. The Bertz CT molecular complexity index is 1420. The van der Waals surface area contributed by atoms with Crippen LogP contribution in [0.3, 0.4) is 0 Å². The van der Waals surface area contributed by atoms with Gasteiger partial charge >= 0.3 is 0 Å². The summed E-state index contributed by atoms with van der Waals surface area (Å²) < 4.78 is 28.6. The number of benzene rings is 1. The Morgan fingerprint density at radius 3 is 2.52 bits per heavy atom. The Morgan fingerprint density at radius 1 is 1.12 bits per heavy atom. The molecule has 2 saturated carbocycles. The molecule has 3 aromatic rings. The number of anilines is 2. The molecule has 3 N–H and O–H groups in total. The number of halogens is 1. The summed E-state index contributed by atoms with van der Waals surface area (Å²) in [6.07, 6.45) is 10.3. The van der Waals surface area contributed by atoms with Crippen LogP contribution in [-0.2, 0) is 9.47 Å². The fourth-order valence-corrected chi connectivity index (χ4v) is 5.95. The molecule has 0 amide bonds. The third kappa shape index (κ3) is 5.48. The predicted molar refractivity (Wildman–Crippen MR) is 148 cm³/mol. The second-order valence-corrected chi connectivity index (χ2v) is 11.6. The van der Waals surface area contributed by atoms with Gasteiger partial charge in [-0.3, -0.25) is 0 Å². The summed E-state index contributed by atoms with van der Waals surface area (Å²) in [5.74, 6) is 0.314. The Labute approximate surface area is 232 Å². The number of nitrogens with zero attached hydrogens (tertiary/aromatic N) is 6. The maximum absolute atomic E-state index is 15.1. The second-order valence-electron chi connectivity index (χ2n) is 11.6. The van der Waals surface area contributed by atoms with Crippen LogP contribution >= 0.6 is 0 Å². The average Bonchev–Trinajstić information content (AvgIpc) is 3.64. The van der Waals surface area contributed by atoms with Crippen molar-refractivity contribution in [2.24, 2.45) is 0 Å². The third-order valence-corrected chi connectivity index (χ3v) is 8.00. The lowest BCUT2D eigenvalue weighted by atomic mass is 9.95. The van der Waals surface area contributed by atoms with Crippen molar-refractivity contribution in [1.29, 1.82) is 5.26 Å². The fourth-order valence-electron chi connectivity index (χ4n) is 5.95. The summed E-state index contributed by atoms with van der Waals surface area (Å²) in [4.78, 5) is 14.8. The number of piperidine rings is 1. The third-order valence-electron chi connectivity index (χ3n) is 8.00. The number of nitriles is 1. The number of fused-ring (bicyclic) bond motifs is 3. The van der Waals surface area contributed by atoms with Crippen molar-refractivity contribution in [3.8, 4) is 17.3 Å². The van der Waals surface area contributed by atoms with Crippen LogP contribution in [0.25, 0.3) is 22.3 Å². The van der Waals surface area contributed by atoms with Crippen molar-refractivity contribution in [3.05, 3.63) is 29.7 Å². The number of ether oxygens (including phenoxy) is 2. The predicted octanol–water partition coefficient (Wildman–Crippen LogP) is 4.11. The molecule has 5 heterocycles. The highest BCUT2D eigenvalue weighted by Gasteiger charge is 2.40. The van der Waals surface area contributed by atoms with E-state index in [1.165, 1.54) is 25.1 Å². The first kappa shape index (κ1) is 26.9. The lowest BCUT2D eigenvalue weighted by molar-refractivity contribution is -0.133. The van der Waals surface area contributed by atoms with Gasteiger partial charge in [-0.1, -0.05) is 0 Å². The number of imidazole rings is 1. The van der Waals surface area contributed by atoms with Gasteiger partial charge in [0.25, 0.3) is 0 Å². The van der Waals surface area contributed by atoms with Crippen molar-refractivity contribution in [2.45, 2.75) is 95.4 Å². The number of nitrogen functional groups attached to an aromatic ring is 1. The van der Waals surface area contributed by atoms with Crippen LogP contribution < -0.4 is 10.6 Å². The van der Waals surface area contributed by atoms with E-state index in [2.05, 4.69) is 19.9 Å². The summed E-state index contributed by atoms with van der Waals surface area (Å²) in [5, 5.41) is 18.7. The highest BCUT2D eigenvalue weighted by atomic mass is 19.1. The molecule has 2 aromatic heterocycles. The number of aromatic nitrogens is 4. The van der Waals surface area contributed by atoms with Crippen LogP contribution in [0.2, 0.25) is 0 Å². The minimum atomic E-state index is -0.461. The molecule has 5 fully saturated rings. The van der Waals surface area contributed by atoms with Crippen molar-refractivity contribution in [3.63, 3.8) is 0 Å². The number of aliphatic hydroxyl groups excluding tert-OH is 1. The first-order valence-corrected chi connectivity index (χ1v) is 14.3. The number of nitrogens with two attached hydrogens (primary N) is 1. The van der Waals surface area contributed by atoms with E-state index in [-0.39, 0.29) is 35.9 Å². The van der Waals surface area contributed by atoms with Crippen molar-refractivity contribution >= 4 is 22.9 Å². The quantitative estimate of drug-likeness (QED) is 0.482. The Morgan fingerprint density at radius 2 is 1.88 bits per heavy atom. The zero-order valence-corrected chi connectivity index (χ0v) is 23.0. The summed E-state index contributed by atoms with van der Waals surface area (Å²) >= 11 is 0. The normalized spacial score (nSPS) is 25.8. The molecule has 0 spiro atoms. The van der Waals surface area contributed by atoms with E-state index in [1.54, 1.807) is 0 Å². The molecule has 5 aliphatic rings. The van der Waals surface area contributed by atoms with Crippen LogP contribution in [0.1, 0.15) is 70.4 Å². The average molecular weight is 550 g/mol. The Kier molecular flexibility index (Phi) is 7.33. The van der Waals surface area contributed by atoms with Gasteiger partial charge in [-0.05, 0) is 64.5 Å². The summed E-state index contributed by atoms with van der Waals surface area (Å²) in [7, 11) is 0. The SMILES string of the molecule is CC(C)n1c(N2CC3CC(C2)O3)nc2c(F)cc(-c3nc(N)ncc3C#N)cc21.OC1CCCC(OC2CC2)C1. The molecule has 8 rings (SSSR count). The molecule has 3 aliphatic heterocycles. The van der Waals surface area contributed by atoms with E-state index in [0.717, 1.165) is 51.1 Å². The highest BCUT2D eigenvalue weighted by Crippen LogP contribution is 2.36. The summed E-state index contributed by atoms with van der Waals surface area (Å²) in [6, 6.07) is 5.28. The van der Waals surface area contributed by atoms with Crippen LogP contribution in [0, 0.1) is 17.1 Å². The number of rotatable bonds is 5. The molecule has 10 nitrogen and oxygen atoms in total. The van der Waals surface area contributed by atoms with Crippen molar-refractivity contribution in [1.82, 2.24) is 19.5 Å². The number of hydrogen-bond acceptors (Lipinski definition) is 9. The molecule has 2 aliphatic carbocycles. The lowest BCUT2D eigenvalue weighted by Crippen LogP contribution is -2.58. The molecule has 212 valence electrons. The van der Waals surface area contributed by atoms with E-state index >= 15 is 4.39 Å². The monoisotopic (exact) mass is 549 g/mol.